The van der Waals surface area contributed by atoms with Gasteiger partial charge in [-0.25, -0.2) is 5.21 Å². The zero-order chi connectivity index (χ0) is 19.6. The van der Waals surface area contributed by atoms with Crippen molar-refractivity contribution in [2.45, 2.75) is 90.4 Å². The normalized spacial score (nSPS) is 32.6. The van der Waals surface area contributed by atoms with Crippen LogP contribution in [-0.4, -0.2) is 48.1 Å². The smallest absolute Gasteiger partial charge is 0.125 e. The molecule has 0 saturated carbocycles. The SMILES string of the molecule is CCC1(CCCCCCCCCCCC[N+]2(C)C=CCC2)C=C[N+](C)(O)C1. The van der Waals surface area contributed by atoms with Crippen molar-refractivity contribution in [1.29, 1.82) is 0 Å². The summed E-state index contributed by atoms with van der Waals surface area (Å²) < 4.78 is 1.24. The van der Waals surface area contributed by atoms with E-state index < -0.39 is 0 Å². The van der Waals surface area contributed by atoms with Crippen molar-refractivity contribution in [3.8, 4) is 0 Å². The Kier molecular flexibility index (Phi) is 9.04. The van der Waals surface area contributed by atoms with Gasteiger partial charge >= 0.3 is 0 Å². The minimum atomic E-state index is 0.0722. The first-order valence-corrected chi connectivity index (χ1v) is 11.7. The molecule has 2 aliphatic rings. The average Bonchev–Trinajstić information content (AvgIpc) is 3.20. The number of hydroxylamine groups is 3. The van der Waals surface area contributed by atoms with Gasteiger partial charge in [0.05, 0.1) is 26.3 Å². The van der Waals surface area contributed by atoms with Crippen molar-refractivity contribution >= 4 is 0 Å². The molecule has 2 aliphatic heterocycles. The second-order valence-electron chi connectivity index (χ2n) is 9.79. The fourth-order valence-corrected chi connectivity index (χ4v) is 4.95. The van der Waals surface area contributed by atoms with Crippen LogP contribution in [0.25, 0.3) is 0 Å². The number of rotatable bonds is 14. The van der Waals surface area contributed by atoms with E-state index in [0.29, 0.717) is 0 Å². The summed E-state index contributed by atoms with van der Waals surface area (Å²) in [7, 11) is 4.26. The van der Waals surface area contributed by atoms with Crippen molar-refractivity contribution < 1.29 is 14.3 Å². The quantitative estimate of drug-likeness (QED) is 0.274. The summed E-state index contributed by atoms with van der Waals surface area (Å²) in [5.41, 5.74) is 0.244. The van der Waals surface area contributed by atoms with E-state index in [1.807, 2.05) is 13.2 Å². The van der Waals surface area contributed by atoms with Crippen molar-refractivity contribution in [3.05, 3.63) is 24.6 Å². The second-order valence-corrected chi connectivity index (χ2v) is 9.79. The number of unbranched alkanes of at least 4 members (excludes halogenated alkanes) is 9. The van der Waals surface area contributed by atoms with Crippen molar-refractivity contribution in [2.75, 3.05) is 33.7 Å². The Hall–Kier alpha value is -0.640. The van der Waals surface area contributed by atoms with Crippen LogP contribution in [0.5, 0.6) is 0 Å². The predicted molar refractivity (Wildman–Crippen MR) is 115 cm³/mol. The molecule has 0 saturated heterocycles. The average molecular weight is 379 g/mol. The van der Waals surface area contributed by atoms with E-state index in [0.717, 1.165) is 13.0 Å². The maximum atomic E-state index is 10.2. The van der Waals surface area contributed by atoms with Gasteiger partial charge in [-0.15, -0.1) is 0 Å². The van der Waals surface area contributed by atoms with Crippen LogP contribution < -0.4 is 0 Å². The molecule has 0 fully saturated rings. The second kappa shape index (κ2) is 10.8. The highest BCUT2D eigenvalue weighted by molar-refractivity contribution is 5.00. The number of hydrogen-bond acceptors (Lipinski definition) is 1. The highest BCUT2D eigenvalue weighted by Gasteiger charge is 2.40. The summed E-state index contributed by atoms with van der Waals surface area (Å²) in [5, 5.41) is 10.2. The highest BCUT2D eigenvalue weighted by Crippen LogP contribution is 2.38. The Morgan fingerprint density at radius 3 is 1.93 bits per heavy atom. The van der Waals surface area contributed by atoms with Crippen LogP contribution in [0.4, 0.5) is 0 Å². The van der Waals surface area contributed by atoms with Crippen LogP contribution in [0.2, 0.25) is 0 Å². The van der Waals surface area contributed by atoms with E-state index in [-0.39, 0.29) is 10.1 Å². The summed E-state index contributed by atoms with van der Waals surface area (Å²) in [4.78, 5) is 0. The van der Waals surface area contributed by atoms with Crippen LogP contribution in [-0.2, 0) is 0 Å². The Balaban J connectivity index is 1.38. The van der Waals surface area contributed by atoms with Crippen LogP contribution in [0.15, 0.2) is 24.6 Å². The lowest BCUT2D eigenvalue weighted by Gasteiger charge is -2.27. The maximum absolute atomic E-state index is 10.2. The lowest BCUT2D eigenvalue weighted by Crippen LogP contribution is -2.38. The molecule has 3 heteroatoms. The van der Waals surface area contributed by atoms with Crippen LogP contribution >= 0.6 is 0 Å². The van der Waals surface area contributed by atoms with Gasteiger partial charge in [-0.3, -0.25) is 4.48 Å². The zero-order valence-electron chi connectivity index (χ0n) is 18.5. The number of nitrogens with zero attached hydrogens (tertiary/aromatic N) is 2. The Bertz CT molecular complexity index is 485. The molecular formula is C24H46N2O+2. The maximum Gasteiger partial charge on any atom is 0.125 e. The summed E-state index contributed by atoms with van der Waals surface area (Å²) in [6, 6.07) is 0. The van der Waals surface area contributed by atoms with Gasteiger partial charge in [0.1, 0.15) is 19.8 Å². The first kappa shape index (κ1) is 22.6. The molecule has 2 rings (SSSR count). The molecule has 0 aliphatic carbocycles. The molecule has 3 unspecified atom stereocenters. The molecule has 1 N–H and O–H groups in total. The van der Waals surface area contributed by atoms with Crippen molar-refractivity contribution in [3.63, 3.8) is 0 Å². The predicted octanol–water partition coefficient (Wildman–Crippen LogP) is 6.40. The standard InChI is InChI=1S/C24H46N2O/c1-4-24(18-22-26(3,27)23-24)17-13-11-9-7-5-6-8-10-12-14-19-25(2)20-15-16-21-25/h15,18,20,22,27H,4-14,16-17,19,21,23H2,1-3H3/q+2. The first-order chi connectivity index (χ1) is 12.9. The van der Waals surface area contributed by atoms with Gasteiger partial charge in [0.15, 0.2) is 0 Å². The molecule has 3 atom stereocenters. The molecule has 0 aromatic heterocycles. The zero-order valence-corrected chi connectivity index (χ0v) is 18.5. The molecule has 0 spiro atoms. The molecule has 0 bridgehead atoms. The molecule has 3 nitrogen and oxygen atoms in total. The van der Waals surface area contributed by atoms with Gasteiger partial charge in [-0.2, -0.15) is 4.65 Å². The molecular weight excluding hydrogens is 332 g/mol. The van der Waals surface area contributed by atoms with E-state index >= 15 is 0 Å². The van der Waals surface area contributed by atoms with E-state index in [4.69, 9.17) is 0 Å². The third kappa shape index (κ3) is 8.09. The van der Waals surface area contributed by atoms with E-state index in [1.165, 1.54) is 94.6 Å². The molecule has 27 heavy (non-hydrogen) atoms. The molecule has 0 aromatic rings. The van der Waals surface area contributed by atoms with Gasteiger partial charge in [0.25, 0.3) is 0 Å². The monoisotopic (exact) mass is 378 g/mol. The van der Waals surface area contributed by atoms with Crippen LogP contribution in [0, 0.1) is 5.41 Å². The minimum Gasteiger partial charge on any atom is -0.300 e. The molecule has 0 radical (unpaired) electrons. The number of quaternary nitrogens is 2. The molecule has 156 valence electrons. The van der Waals surface area contributed by atoms with Gasteiger partial charge < -0.3 is 0 Å². The van der Waals surface area contributed by atoms with Gasteiger partial charge in [-0.1, -0.05) is 58.3 Å². The summed E-state index contributed by atoms with van der Waals surface area (Å²) in [6.07, 6.45) is 26.6. The lowest BCUT2D eigenvalue weighted by molar-refractivity contribution is -1.05. The third-order valence-electron chi connectivity index (χ3n) is 6.95. The largest absolute Gasteiger partial charge is 0.300 e. The first-order valence-electron chi connectivity index (χ1n) is 11.7. The van der Waals surface area contributed by atoms with Crippen molar-refractivity contribution in [2.24, 2.45) is 5.41 Å². The fraction of sp³-hybridized carbons (Fsp3) is 0.833. The molecule has 2 heterocycles. The Morgan fingerprint density at radius 1 is 0.852 bits per heavy atom. The number of hydrogen-bond donors (Lipinski definition) is 1. The van der Waals surface area contributed by atoms with Crippen LogP contribution in [0.1, 0.15) is 90.4 Å². The topological polar surface area (TPSA) is 20.2 Å². The van der Waals surface area contributed by atoms with E-state index in [1.54, 1.807) is 0 Å². The van der Waals surface area contributed by atoms with Crippen LogP contribution in [0.3, 0.4) is 0 Å². The molecule has 0 aromatic carbocycles. The van der Waals surface area contributed by atoms with Gasteiger partial charge in [0, 0.05) is 11.8 Å². The Morgan fingerprint density at radius 2 is 1.44 bits per heavy atom. The minimum absolute atomic E-state index is 0.0722. The fourth-order valence-electron chi connectivity index (χ4n) is 4.95. The highest BCUT2D eigenvalue weighted by atomic mass is 16.5. The molecule has 0 amide bonds. The van der Waals surface area contributed by atoms with Gasteiger partial charge in [-0.05, 0) is 37.8 Å². The summed E-state index contributed by atoms with van der Waals surface area (Å²) >= 11 is 0. The summed E-state index contributed by atoms with van der Waals surface area (Å²) in [5.74, 6) is 0. The Labute approximate surface area is 168 Å². The van der Waals surface area contributed by atoms with E-state index in [9.17, 15) is 5.21 Å². The van der Waals surface area contributed by atoms with Crippen molar-refractivity contribution in [1.82, 2.24) is 0 Å². The summed E-state index contributed by atoms with van der Waals surface area (Å²) in [6.45, 7) is 5.77. The van der Waals surface area contributed by atoms with E-state index in [2.05, 4.69) is 32.3 Å². The lowest BCUT2D eigenvalue weighted by atomic mass is 9.81. The third-order valence-corrected chi connectivity index (χ3v) is 6.95. The van der Waals surface area contributed by atoms with Gasteiger partial charge in [0.2, 0.25) is 0 Å².